The van der Waals surface area contributed by atoms with Crippen molar-refractivity contribution in [3.05, 3.63) is 47.0 Å². The number of halogens is 1. The number of ether oxygens (including phenoxy) is 1. The molecule has 112 valence electrons. The molecule has 2 aromatic rings. The Kier molecular flexibility index (Phi) is 4.46. The Bertz CT molecular complexity index is 607. The van der Waals surface area contributed by atoms with Crippen LogP contribution >= 0.6 is 11.6 Å². The number of nitrogens with one attached hydrogen (secondary N) is 1. The van der Waals surface area contributed by atoms with Crippen molar-refractivity contribution in [2.75, 3.05) is 0 Å². The van der Waals surface area contributed by atoms with E-state index in [1.54, 1.807) is 6.20 Å². The number of aryl methyl sites for hydroxylation is 1. The molecule has 1 aliphatic carbocycles. The minimum Gasteiger partial charge on any atom is -0.485 e. The molecule has 5 heteroatoms. The summed E-state index contributed by atoms with van der Waals surface area (Å²) in [6.07, 6.45) is 6.31. The van der Waals surface area contributed by atoms with Crippen LogP contribution in [0.3, 0.4) is 0 Å². The van der Waals surface area contributed by atoms with Gasteiger partial charge in [0.05, 0.1) is 0 Å². The van der Waals surface area contributed by atoms with Gasteiger partial charge < -0.3 is 14.6 Å². The molecular formula is C16H20ClN3O. The number of imidazole rings is 1. The van der Waals surface area contributed by atoms with Crippen molar-refractivity contribution in [1.29, 1.82) is 0 Å². The topological polar surface area (TPSA) is 39.1 Å². The standard InChI is InChI=1S/C16H20ClN3O/c1-2-20-8-7-18-16(20)11-21-15-6-3-13(17)9-12(15)10-19-14-4-5-14/h3,6-9,14,19H,2,4-5,10-11H2,1H3. The first kappa shape index (κ1) is 14.4. The Morgan fingerprint density at radius 3 is 3.05 bits per heavy atom. The number of rotatable bonds is 7. The molecule has 0 unspecified atom stereocenters. The lowest BCUT2D eigenvalue weighted by Gasteiger charge is -2.13. The van der Waals surface area contributed by atoms with Gasteiger partial charge in [-0.2, -0.15) is 0 Å². The first-order valence-electron chi connectivity index (χ1n) is 7.41. The van der Waals surface area contributed by atoms with E-state index < -0.39 is 0 Å². The second kappa shape index (κ2) is 6.50. The molecule has 0 aliphatic heterocycles. The second-order valence-electron chi connectivity index (χ2n) is 5.33. The number of hydrogen-bond donors (Lipinski definition) is 1. The molecule has 1 N–H and O–H groups in total. The normalized spacial score (nSPS) is 14.4. The third-order valence-electron chi connectivity index (χ3n) is 3.68. The molecule has 21 heavy (non-hydrogen) atoms. The fourth-order valence-corrected chi connectivity index (χ4v) is 2.47. The summed E-state index contributed by atoms with van der Waals surface area (Å²) in [6.45, 7) is 4.26. The first-order chi connectivity index (χ1) is 10.3. The van der Waals surface area contributed by atoms with E-state index in [9.17, 15) is 0 Å². The van der Waals surface area contributed by atoms with Crippen molar-refractivity contribution in [2.24, 2.45) is 0 Å². The van der Waals surface area contributed by atoms with Crippen molar-refractivity contribution in [3.63, 3.8) is 0 Å². The van der Waals surface area contributed by atoms with Crippen LogP contribution < -0.4 is 10.1 Å². The van der Waals surface area contributed by atoms with Crippen molar-refractivity contribution in [3.8, 4) is 5.75 Å². The molecule has 3 rings (SSSR count). The molecule has 1 aliphatic rings. The maximum atomic E-state index is 6.10. The van der Waals surface area contributed by atoms with E-state index in [-0.39, 0.29) is 0 Å². The predicted molar refractivity (Wildman–Crippen MR) is 83.5 cm³/mol. The van der Waals surface area contributed by atoms with Gasteiger partial charge in [-0.25, -0.2) is 4.98 Å². The minimum atomic E-state index is 0.471. The second-order valence-corrected chi connectivity index (χ2v) is 5.76. The molecule has 1 heterocycles. The van der Waals surface area contributed by atoms with Gasteiger partial charge in [0.15, 0.2) is 0 Å². The maximum absolute atomic E-state index is 6.10. The van der Waals surface area contributed by atoms with E-state index in [0.717, 1.165) is 35.2 Å². The van der Waals surface area contributed by atoms with Crippen molar-refractivity contribution in [2.45, 2.75) is 45.5 Å². The van der Waals surface area contributed by atoms with Crippen LogP contribution in [-0.4, -0.2) is 15.6 Å². The van der Waals surface area contributed by atoms with Crippen LogP contribution in [0.25, 0.3) is 0 Å². The fourth-order valence-electron chi connectivity index (χ4n) is 2.28. The largest absolute Gasteiger partial charge is 0.485 e. The third-order valence-corrected chi connectivity index (χ3v) is 3.92. The average Bonchev–Trinajstić information content (AvgIpc) is 3.21. The molecule has 0 bridgehead atoms. The molecule has 0 atom stereocenters. The summed E-state index contributed by atoms with van der Waals surface area (Å²) in [6, 6.07) is 6.43. The van der Waals surface area contributed by atoms with Crippen LogP contribution in [-0.2, 0) is 19.7 Å². The molecule has 0 spiro atoms. The number of nitrogens with zero attached hydrogens (tertiary/aromatic N) is 2. The Balaban J connectivity index is 1.68. The van der Waals surface area contributed by atoms with Gasteiger partial charge in [0.2, 0.25) is 0 Å². The number of benzene rings is 1. The van der Waals surface area contributed by atoms with Gasteiger partial charge in [-0.15, -0.1) is 0 Å². The smallest absolute Gasteiger partial charge is 0.146 e. The highest BCUT2D eigenvalue weighted by atomic mass is 35.5. The zero-order valence-corrected chi connectivity index (χ0v) is 12.9. The van der Waals surface area contributed by atoms with Gasteiger partial charge in [0, 0.05) is 42.1 Å². The monoisotopic (exact) mass is 305 g/mol. The van der Waals surface area contributed by atoms with E-state index in [1.165, 1.54) is 12.8 Å². The molecular weight excluding hydrogens is 286 g/mol. The van der Waals surface area contributed by atoms with Crippen molar-refractivity contribution >= 4 is 11.6 Å². The molecule has 1 saturated carbocycles. The van der Waals surface area contributed by atoms with Crippen LogP contribution in [0, 0.1) is 0 Å². The Labute approximate surface area is 130 Å². The Morgan fingerprint density at radius 2 is 2.29 bits per heavy atom. The van der Waals surface area contributed by atoms with Gasteiger partial charge in [-0.3, -0.25) is 0 Å². The molecule has 1 aromatic carbocycles. The highest BCUT2D eigenvalue weighted by Crippen LogP contribution is 2.26. The minimum absolute atomic E-state index is 0.471. The summed E-state index contributed by atoms with van der Waals surface area (Å²) in [7, 11) is 0. The zero-order valence-electron chi connectivity index (χ0n) is 12.2. The van der Waals surface area contributed by atoms with Gasteiger partial charge >= 0.3 is 0 Å². The first-order valence-corrected chi connectivity index (χ1v) is 7.78. The van der Waals surface area contributed by atoms with Crippen LogP contribution in [0.1, 0.15) is 31.2 Å². The molecule has 1 fully saturated rings. The highest BCUT2D eigenvalue weighted by molar-refractivity contribution is 6.30. The zero-order chi connectivity index (χ0) is 14.7. The van der Waals surface area contributed by atoms with Crippen molar-refractivity contribution < 1.29 is 4.74 Å². The molecule has 0 amide bonds. The molecule has 1 aromatic heterocycles. The lowest BCUT2D eigenvalue weighted by molar-refractivity contribution is 0.286. The number of aromatic nitrogens is 2. The summed E-state index contributed by atoms with van der Waals surface area (Å²) in [5, 5.41) is 4.24. The SMILES string of the molecule is CCn1ccnc1COc1ccc(Cl)cc1CNC1CC1. The molecule has 0 saturated heterocycles. The van der Waals surface area contributed by atoms with Crippen molar-refractivity contribution in [1.82, 2.24) is 14.9 Å². The van der Waals surface area contributed by atoms with Crippen LogP contribution in [0.5, 0.6) is 5.75 Å². The van der Waals surface area contributed by atoms with E-state index in [1.807, 2.05) is 24.4 Å². The molecule has 0 radical (unpaired) electrons. The lowest BCUT2D eigenvalue weighted by atomic mass is 10.2. The molecule has 4 nitrogen and oxygen atoms in total. The average molecular weight is 306 g/mol. The Morgan fingerprint density at radius 1 is 1.43 bits per heavy atom. The van der Waals surface area contributed by atoms with Crippen LogP contribution in [0.2, 0.25) is 5.02 Å². The highest BCUT2D eigenvalue weighted by Gasteiger charge is 2.20. The summed E-state index contributed by atoms with van der Waals surface area (Å²) in [5.74, 6) is 1.81. The van der Waals surface area contributed by atoms with Gasteiger partial charge in [0.25, 0.3) is 0 Å². The summed E-state index contributed by atoms with van der Waals surface area (Å²) >= 11 is 6.10. The Hall–Kier alpha value is -1.52. The summed E-state index contributed by atoms with van der Waals surface area (Å²) < 4.78 is 8.03. The van der Waals surface area contributed by atoms with Crippen LogP contribution in [0.4, 0.5) is 0 Å². The van der Waals surface area contributed by atoms with E-state index in [0.29, 0.717) is 12.6 Å². The van der Waals surface area contributed by atoms with Gasteiger partial charge in [-0.1, -0.05) is 11.6 Å². The quantitative estimate of drug-likeness (QED) is 0.852. The van der Waals surface area contributed by atoms with E-state index in [4.69, 9.17) is 16.3 Å². The van der Waals surface area contributed by atoms with E-state index in [2.05, 4.69) is 21.8 Å². The third kappa shape index (κ3) is 3.77. The summed E-state index contributed by atoms with van der Waals surface area (Å²) in [5.41, 5.74) is 1.10. The van der Waals surface area contributed by atoms with Gasteiger partial charge in [-0.05, 0) is 38.0 Å². The van der Waals surface area contributed by atoms with Crippen LogP contribution in [0.15, 0.2) is 30.6 Å². The fraction of sp³-hybridized carbons (Fsp3) is 0.438. The number of hydrogen-bond acceptors (Lipinski definition) is 3. The predicted octanol–water partition coefficient (Wildman–Crippen LogP) is 3.39. The van der Waals surface area contributed by atoms with Gasteiger partial charge in [0.1, 0.15) is 18.2 Å². The summed E-state index contributed by atoms with van der Waals surface area (Å²) in [4.78, 5) is 4.33. The van der Waals surface area contributed by atoms with E-state index >= 15 is 0 Å². The lowest BCUT2D eigenvalue weighted by Crippen LogP contribution is -2.16. The maximum Gasteiger partial charge on any atom is 0.146 e.